The van der Waals surface area contributed by atoms with Gasteiger partial charge in [0.1, 0.15) is 0 Å². The van der Waals surface area contributed by atoms with E-state index in [0.717, 1.165) is 43.3 Å². The first-order chi connectivity index (χ1) is 11.5. The van der Waals surface area contributed by atoms with Crippen LogP contribution in [0.2, 0.25) is 10.0 Å². The van der Waals surface area contributed by atoms with Gasteiger partial charge < -0.3 is 10.2 Å². The van der Waals surface area contributed by atoms with E-state index in [-0.39, 0.29) is 11.2 Å². The molecule has 0 bridgehead atoms. The van der Waals surface area contributed by atoms with Gasteiger partial charge in [0.15, 0.2) is 0 Å². The number of hydrogen-bond acceptors (Lipinski definition) is 3. The van der Waals surface area contributed by atoms with Gasteiger partial charge in [0, 0.05) is 29.0 Å². The lowest BCUT2D eigenvalue weighted by Crippen LogP contribution is -2.47. The Morgan fingerprint density at radius 2 is 2.00 bits per heavy atom. The van der Waals surface area contributed by atoms with Gasteiger partial charge in [-0.15, -0.1) is 11.8 Å². The Kier molecular flexibility index (Phi) is 6.36. The van der Waals surface area contributed by atoms with Crippen LogP contribution in [-0.2, 0) is 4.79 Å². The second-order valence-corrected chi connectivity index (χ2v) is 9.01. The molecule has 0 spiro atoms. The van der Waals surface area contributed by atoms with E-state index in [1.54, 1.807) is 12.1 Å². The monoisotopic (exact) mass is 386 g/mol. The Morgan fingerprint density at radius 3 is 2.67 bits per heavy atom. The zero-order chi connectivity index (χ0) is 17.1. The quantitative estimate of drug-likeness (QED) is 0.732. The van der Waals surface area contributed by atoms with Gasteiger partial charge in [0.05, 0.1) is 10.3 Å². The van der Waals surface area contributed by atoms with Crippen molar-refractivity contribution in [1.29, 1.82) is 0 Å². The summed E-state index contributed by atoms with van der Waals surface area (Å²) >= 11 is 13.7. The van der Waals surface area contributed by atoms with Crippen LogP contribution in [0.1, 0.15) is 32.6 Å². The van der Waals surface area contributed by atoms with Gasteiger partial charge >= 0.3 is 0 Å². The number of carbonyl (C=O) groups is 1. The molecule has 2 aliphatic rings. The van der Waals surface area contributed by atoms with E-state index in [0.29, 0.717) is 16.1 Å². The van der Waals surface area contributed by atoms with Crippen LogP contribution < -0.4 is 5.32 Å². The lowest BCUT2D eigenvalue weighted by Gasteiger charge is -2.34. The zero-order valence-electron chi connectivity index (χ0n) is 13.9. The van der Waals surface area contributed by atoms with Gasteiger partial charge in [-0.3, -0.25) is 4.79 Å². The van der Waals surface area contributed by atoms with Crippen molar-refractivity contribution in [3.8, 4) is 0 Å². The van der Waals surface area contributed by atoms with Crippen LogP contribution in [0.3, 0.4) is 0 Å². The number of hydrogen-bond donors (Lipinski definition) is 1. The van der Waals surface area contributed by atoms with Gasteiger partial charge in [0.2, 0.25) is 5.91 Å². The zero-order valence-corrected chi connectivity index (χ0v) is 16.3. The molecule has 1 aliphatic carbocycles. The number of likely N-dealkylation sites (tertiary alicyclic amines) is 1. The molecule has 0 aromatic heterocycles. The highest BCUT2D eigenvalue weighted by Gasteiger charge is 2.28. The van der Waals surface area contributed by atoms with E-state index in [4.69, 9.17) is 23.2 Å². The van der Waals surface area contributed by atoms with E-state index in [2.05, 4.69) is 5.32 Å². The fourth-order valence-corrected chi connectivity index (χ4v) is 4.52. The average molecular weight is 387 g/mol. The third-order valence-corrected chi connectivity index (χ3v) is 6.57. The van der Waals surface area contributed by atoms with E-state index < -0.39 is 0 Å². The van der Waals surface area contributed by atoms with Gasteiger partial charge in [-0.2, -0.15) is 0 Å². The number of piperidine rings is 1. The molecule has 6 heteroatoms. The van der Waals surface area contributed by atoms with Gasteiger partial charge in [0.25, 0.3) is 0 Å². The normalized spacial score (nSPS) is 20.2. The summed E-state index contributed by atoms with van der Waals surface area (Å²) in [6, 6.07) is 5.94. The predicted molar refractivity (Wildman–Crippen MR) is 102 cm³/mol. The highest BCUT2D eigenvalue weighted by molar-refractivity contribution is 8.00. The number of amides is 1. The van der Waals surface area contributed by atoms with Crippen LogP contribution in [0.15, 0.2) is 23.1 Å². The van der Waals surface area contributed by atoms with Crippen LogP contribution in [0, 0.1) is 5.92 Å². The van der Waals surface area contributed by atoms with Crippen molar-refractivity contribution in [1.82, 2.24) is 10.2 Å². The van der Waals surface area contributed by atoms with Crippen LogP contribution in [0.5, 0.6) is 0 Å². The van der Waals surface area contributed by atoms with E-state index >= 15 is 0 Å². The first-order valence-corrected chi connectivity index (χ1v) is 10.3. The van der Waals surface area contributed by atoms with Crippen LogP contribution >= 0.6 is 35.0 Å². The molecule has 3 rings (SSSR count). The minimum atomic E-state index is -0.156. The molecular weight excluding hydrogens is 363 g/mol. The van der Waals surface area contributed by atoms with Crippen LogP contribution in [0.4, 0.5) is 0 Å². The fourth-order valence-electron chi connectivity index (χ4n) is 3.02. The molecule has 1 unspecified atom stereocenters. The topological polar surface area (TPSA) is 32.3 Å². The molecule has 1 N–H and O–H groups in total. The SMILES string of the molecule is CC(Sc1cc(Cl)ccc1Cl)C(=O)N1CCC(NCC2CC2)CC1. The van der Waals surface area contributed by atoms with Gasteiger partial charge in [-0.05, 0) is 63.3 Å². The van der Waals surface area contributed by atoms with Crippen LogP contribution in [-0.4, -0.2) is 41.7 Å². The molecule has 24 heavy (non-hydrogen) atoms. The molecule has 2 fully saturated rings. The number of rotatable bonds is 6. The second kappa shape index (κ2) is 8.31. The Hall–Kier alpha value is -0.420. The van der Waals surface area contributed by atoms with Crippen molar-refractivity contribution in [2.24, 2.45) is 5.92 Å². The maximum absolute atomic E-state index is 12.7. The minimum absolute atomic E-state index is 0.156. The molecule has 1 aromatic carbocycles. The van der Waals surface area contributed by atoms with Crippen molar-refractivity contribution >= 4 is 40.9 Å². The van der Waals surface area contributed by atoms with Crippen molar-refractivity contribution in [2.45, 2.75) is 48.8 Å². The van der Waals surface area contributed by atoms with Crippen LogP contribution in [0.25, 0.3) is 0 Å². The maximum atomic E-state index is 12.7. The fraction of sp³-hybridized carbons (Fsp3) is 0.611. The molecule has 1 heterocycles. The van der Waals surface area contributed by atoms with E-state index in [1.807, 2.05) is 17.9 Å². The Labute approximate surface area is 158 Å². The van der Waals surface area contributed by atoms with Crippen molar-refractivity contribution < 1.29 is 4.79 Å². The highest BCUT2D eigenvalue weighted by Crippen LogP contribution is 2.33. The predicted octanol–water partition coefficient (Wildman–Crippen LogP) is 4.46. The number of thioether (sulfide) groups is 1. The molecule has 1 aromatic rings. The first kappa shape index (κ1) is 18.4. The number of nitrogens with zero attached hydrogens (tertiary/aromatic N) is 1. The Morgan fingerprint density at radius 1 is 1.29 bits per heavy atom. The summed E-state index contributed by atoms with van der Waals surface area (Å²) in [7, 11) is 0. The number of halogens is 2. The van der Waals surface area contributed by atoms with Crippen molar-refractivity contribution in [3.63, 3.8) is 0 Å². The van der Waals surface area contributed by atoms with Crippen molar-refractivity contribution in [3.05, 3.63) is 28.2 Å². The molecular formula is C18H24Cl2N2OS. The third kappa shape index (κ3) is 5.04. The first-order valence-electron chi connectivity index (χ1n) is 8.67. The number of benzene rings is 1. The molecule has 1 saturated heterocycles. The molecule has 1 amide bonds. The average Bonchev–Trinajstić information content (AvgIpc) is 3.40. The summed E-state index contributed by atoms with van der Waals surface area (Å²) in [5.74, 6) is 1.10. The largest absolute Gasteiger partial charge is 0.342 e. The molecule has 3 nitrogen and oxygen atoms in total. The molecule has 1 saturated carbocycles. The molecule has 132 valence electrons. The van der Waals surface area contributed by atoms with E-state index in [9.17, 15) is 4.79 Å². The Bertz CT molecular complexity index is 586. The lowest BCUT2D eigenvalue weighted by molar-refractivity contribution is -0.131. The Balaban J connectivity index is 1.48. The summed E-state index contributed by atoms with van der Waals surface area (Å²) in [6.45, 7) is 4.78. The number of carbonyl (C=O) groups excluding carboxylic acids is 1. The van der Waals surface area contributed by atoms with E-state index in [1.165, 1.54) is 24.6 Å². The van der Waals surface area contributed by atoms with Crippen molar-refractivity contribution in [2.75, 3.05) is 19.6 Å². The molecule has 0 radical (unpaired) electrons. The lowest BCUT2D eigenvalue weighted by atomic mass is 10.0. The molecule has 1 aliphatic heterocycles. The summed E-state index contributed by atoms with van der Waals surface area (Å²) in [6.07, 6.45) is 4.86. The standard InChI is InChI=1S/C18H24Cl2N2OS/c1-12(24-17-10-14(19)4-5-16(17)20)18(23)22-8-6-15(7-9-22)21-11-13-2-3-13/h4-5,10,12-13,15,21H,2-3,6-9,11H2,1H3. The smallest absolute Gasteiger partial charge is 0.235 e. The third-order valence-electron chi connectivity index (χ3n) is 4.74. The highest BCUT2D eigenvalue weighted by atomic mass is 35.5. The summed E-state index contributed by atoms with van der Waals surface area (Å²) in [4.78, 5) is 15.5. The minimum Gasteiger partial charge on any atom is -0.342 e. The number of nitrogens with one attached hydrogen (secondary N) is 1. The van der Waals surface area contributed by atoms with Gasteiger partial charge in [-0.1, -0.05) is 23.2 Å². The molecule has 1 atom stereocenters. The summed E-state index contributed by atoms with van der Waals surface area (Å²) in [5.41, 5.74) is 0. The summed E-state index contributed by atoms with van der Waals surface area (Å²) < 4.78 is 0. The second-order valence-electron chi connectivity index (χ2n) is 6.79. The maximum Gasteiger partial charge on any atom is 0.235 e. The summed E-state index contributed by atoms with van der Waals surface area (Å²) in [5, 5.41) is 4.78. The van der Waals surface area contributed by atoms with Gasteiger partial charge in [-0.25, -0.2) is 0 Å².